The summed E-state index contributed by atoms with van der Waals surface area (Å²) in [6.45, 7) is 2.59. The molecule has 0 saturated carbocycles. The summed E-state index contributed by atoms with van der Waals surface area (Å²) in [5.41, 5.74) is 9.84. The molecule has 0 spiro atoms. The summed E-state index contributed by atoms with van der Waals surface area (Å²) >= 11 is 1.52. The van der Waals surface area contributed by atoms with Crippen LogP contribution >= 0.6 is 11.8 Å². The number of aromatic amines is 1. The Hall–Kier alpha value is -1.85. The zero-order chi connectivity index (χ0) is 13.2. The summed E-state index contributed by atoms with van der Waals surface area (Å²) in [7, 11) is 0. The molecule has 0 unspecified atom stereocenters. The van der Waals surface area contributed by atoms with Crippen LogP contribution in [0.1, 0.15) is 11.1 Å². The Kier molecular flexibility index (Phi) is 3.23. The standard InChI is InChI=1S/C14H14N4S/c1-9-2-4-11-12(6-9)18-14(17-11)19-13-5-3-10(7-15)8-16-13/h2-6,8H,7,15H2,1H3,(H,17,18). The lowest BCUT2D eigenvalue weighted by Crippen LogP contribution is -1.96. The molecule has 0 aliphatic heterocycles. The van der Waals surface area contributed by atoms with Gasteiger partial charge in [-0.15, -0.1) is 0 Å². The van der Waals surface area contributed by atoms with E-state index in [1.54, 1.807) is 6.20 Å². The van der Waals surface area contributed by atoms with Crippen LogP contribution in [-0.4, -0.2) is 15.0 Å². The molecule has 1 aromatic carbocycles. The largest absolute Gasteiger partial charge is 0.333 e. The Morgan fingerprint density at radius 2 is 2.16 bits per heavy atom. The molecule has 0 amide bonds. The number of imidazole rings is 1. The first-order valence-electron chi connectivity index (χ1n) is 6.04. The number of nitrogens with one attached hydrogen (secondary N) is 1. The van der Waals surface area contributed by atoms with Crippen molar-refractivity contribution in [3.8, 4) is 0 Å². The maximum Gasteiger partial charge on any atom is 0.172 e. The predicted octanol–water partition coefficient (Wildman–Crippen LogP) is 2.88. The second-order valence-electron chi connectivity index (χ2n) is 4.37. The van der Waals surface area contributed by atoms with E-state index in [1.807, 2.05) is 18.2 Å². The topological polar surface area (TPSA) is 67.6 Å². The molecule has 0 radical (unpaired) electrons. The average molecular weight is 270 g/mol. The molecule has 0 fully saturated rings. The van der Waals surface area contributed by atoms with Gasteiger partial charge >= 0.3 is 0 Å². The quantitative estimate of drug-likeness (QED) is 0.768. The molecule has 3 rings (SSSR count). The lowest BCUT2D eigenvalue weighted by Gasteiger charge is -1.98. The Balaban J connectivity index is 1.87. The minimum atomic E-state index is 0.516. The number of fused-ring (bicyclic) bond motifs is 1. The lowest BCUT2D eigenvalue weighted by molar-refractivity contribution is 1.00. The van der Waals surface area contributed by atoms with Gasteiger partial charge in [0.15, 0.2) is 5.16 Å². The molecule has 0 saturated heterocycles. The zero-order valence-electron chi connectivity index (χ0n) is 10.6. The zero-order valence-corrected chi connectivity index (χ0v) is 11.4. The van der Waals surface area contributed by atoms with Gasteiger partial charge in [-0.25, -0.2) is 9.97 Å². The number of pyridine rings is 1. The summed E-state index contributed by atoms with van der Waals surface area (Å²) in [4.78, 5) is 12.2. The van der Waals surface area contributed by atoms with Gasteiger partial charge in [-0.05, 0) is 48.0 Å². The highest BCUT2D eigenvalue weighted by atomic mass is 32.2. The van der Waals surface area contributed by atoms with Gasteiger partial charge in [0.1, 0.15) is 5.03 Å². The van der Waals surface area contributed by atoms with E-state index in [2.05, 4.69) is 34.0 Å². The number of H-pyrrole nitrogens is 1. The third kappa shape index (κ3) is 2.62. The summed E-state index contributed by atoms with van der Waals surface area (Å²) in [6.07, 6.45) is 1.80. The molecular formula is C14H14N4S. The number of nitrogens with zero attached hydrogens (tertiary/aromatic N) is 2. The van der Waals surface area contributed by atoms with E-state index in [0.717, 1.165) is 26.8 Å². The highest BCUT2D eigenvalue weighted by Crippen LogP contribution is 2.25. The van der Waals surface area contributed by atoms with Crippen molar-refractivity contribution in [3.63, 3.8) is 0 Å². The van der Waals surface area contributed by atoms with Crippen LogP contribution in [0.5, 0.6) is 0 Å². The Labute approximate surface area is 115 Å². The Morgan fingerprint density at radius 1 is 1.26 bits per heavy atom. The molecule has 2 heterocycles. The number of benzene rings is 1. The van der Waals surface area contributed by atoms with Crippen molar-refractivity contribution >= 4 is 22.8 Å². The van der Waals surface area contributed by atoms with Crippen molar-refractivity contribution in [1.29, 1.82) is 0 Å². The smallest absolute Gasteiger partial charge is 0.172 e. The number of aromatic nitrogens is 3. The molecule has 0 aliphatic carbocycles. The normalized spacial score (nSPS) is 11.1. The fourth-order valence-corrected chi connectivity index (χ4v) is 2.58. The molecule has 0 bridgehead atoms. The van der Waals surface area contributed by atoms with E-state index in [0.29, 0.717) is 6.54 Å². The highest BCUT2D eigenvalue weighted by Gasteiger charge is 2.05. The van der Waals surface area contributed by atoms with E-state index in [1.165, 1.54) is 17.3 Å². The first-order valence-corrected chi connectivity index (χ1v) is 6.85. The van der Waals surface area contributed by atoms with E-state index < -0.39 is 0 Å². The molecular weight excluding hydrogens is 256 g/mol. The third-order valence-electron chi connectivity index (χ3n) is 2.85. The summed E-state index contributed by atoms with van der Waals surface area (Å²) in [5, 5.41) is 1.77. The molecule has 96 valence electrons. The number of rotatable bonds is 3. The van der Waals surface area contributed by atoms with E-state index >= 15 is 0 Å². The molecule has 4 nitrogen and oxygen atoms in total. The van der Waals surface area contributed by atoms with Crippen molar-refractivity contribution in [1.82, 2.24) is 15.0 Å². The number of hydrogen-bond donors (Lipinski definition) is 2. The van der Waals surface area contributed by atoms with Gasteiger partial charge in [0.2, 0.25) is 0 Å². The van der Waals surface area contributed by atoms with Crippen LogP contribution in [0.3, 0.4) is 0 Å². The van der Waals surface area contributed by atoms with Crippen molar-refractivity contribution in [2.75, 3.05) is 0 Å². The van der Waals surface area contributed by atoms with E-state index in [4.69, 9.17) is 5.73 Å². The minimum absolute atomic E-state index is 0.516. The number of hydrogen-bond acceptors (Lipinski definition) is 4. The first kappa shape index (κ1) is 12.2. The van der Waals surface area contributed by atoms with Crippen LogP contribution in [0.4, 0.5) is 0 Å². The lowest BCUT2D eigenvalue weighted by atomic mass is 10.2. The summed E-state index contributed by atoms with van der Waals surface area (Å²) in [5.74, 6) is 0. The van der Waals surface area contributed by atoms with Gasteiger partial charge in [0.05, 0.1) is 11.0 Å². The fraction of sp³-hybridized carbons (Fsp3) is 0.143. The van der Waals surface area contributed by atoms with Crippen molar-refractivity contribution in [2.45, 2.75) is 23.7 Å². The predicted molar refractivity (Wildman–Crippen MR) is 77.1 cm³/mol. The van der Waals surface area contributed by atoms with Crippen LogP contribution in [-0.2, 0) is 6.54 Å². The molecule has 0 atom stereocenters. The molecule has 0 aliphatic rings. The fourth-order valence-electron chi connectivity index (χ4n) is 1.84. The first-order chi connectivity index (χ1) is 9.24. The van der Waals surface area contributed by atoms with E-state index in [-0.39, 0.29) is 0 Å². The van der Waals surface area contributed by atoms with Crippen LogP contribution in [0.25, 0.3) is 11.0 Å². The van der Waals surface area contributed by atoms with Crippen molar-refractivity contribution in [2.24, 2.45) is 5.73 Å². The van der Waals surface area contributed by atoms with Gasteiger partial charge in [-0.3, -0.25) is 0 Å². The van der Waals surface area contributed by atoms with Crippen LogP contribution in [0, 0.1) is 6.92 Å². The van der Waals surface area contributed by atoms with Crippen LogP contribution < -0.4 is 5.73 Å². The molecule has 3 aromatic rings. The second-order valence-corrected chi connectivity index (χ2v) is 5.38. The molecule has 19 heavy (non-hydrogen) atoms. The highest BCUT2D eigenvalue weighted by molar-refractivity contribution is 7.99. The van der Waals surface area contributed by atoms with Crippen molar-refractivity contribution < 1.29 is 0 Å². The summed E-state index contributed by atoms with van der Waals surface area (Å²) in [6, 6.07) is 10.1. The second kappa shape index (κ2) is 5.03. The van der Waals surface area contributed by atoms with Gasteiger partial charge in [-0.2, -0.15) is 0 Å². The molecule has 5 heteroatoms. The van der Waals surface area contributed by atoms with Gasteiger partial charge in [0, 0.05) is 12.7 Å². The van der Waals surface area contributed by atoms with Crippen LogP contribution in [0.2, 0.25) is 0 Å². The Bertz CT molecular complexity index is 703. The maximum atomic E-state index is 5.55. The number of nitrogens with two attached hydrogens (primary N) is 1. The number of aryl methyl sites for hydroxylation is 1. The minimum Gasteiger partial charge on any atom is -0.333 e. The van der Waals surface area contributed by atoms with Crippen molar-refractivity contribution in [3.05, 3.63) is 47.7 Å². The SMILES string of the molecule is Cc1ccc2nc(Sc3ccc(CN)cn3)[nH]c2c1. The third-order valence-corrected chi connectivity index (χ3v) is 3.69. The van der Waals surface area contributed by atoms with Gasteiger partial charge in [-0.1, -0.05) is 12.1 Å². The Morgan fingerprint density at radius 3 is 2.89 bits per heavy atom. The summed E-state index contributed by atoms with van der Waals surface area (Å²) < 4.78 is 0. The molecule has 2 aromatic heterocycles. The monoisotopic (exact) mass is 270 g/mol. The molecule has 3 N–H and O–H groups in total. The average Bonchev–Trinajstić information content (AvgIpc) is 2.81. The van der Waals surface area contributed by atoms with Crippen LogP contribution in [0.15, 0.2) is 46.7 Å². The maximum absolute atomic E-state index is 5.55. The van der Waals surface area contributed by atoms with E-state index in [9.17, 15) is 0 Å². The van der Waals surface area contributed by atoms with Gasteiger partial charge < -0.3 is 10.7 Å². The van der Waals surface area contributed by atoms with Gasteiger partial charge in [0.25, 0.3) is 0 Å².